The van der Waals surface area contributed by atoms with Crippen LogP contribution in [0.15, 0.2) is 72.8 Å². The number of nitrogens with one attached hydrogen (secondary N) is 1. The number of ether oxygens (including phenoxy) is 1. The lowest BCUT2D eigenvalue weighted by molar-refractivity contribution is -0.192. The van der Waals surface area contributed by atoms with E-state index < -0.39 is 18.2 Å². The molecular weight excluding hydrogens is 475 g/mol. The van der Waals surface area contributed by atoms with Crippen LogP contribution >= 0.6 is 0 Å². The molecule has 0 spiro atoms. The number of hydrogen-bond acceptors (Lipinski definition) is 5. The van der Waals surface area contributed by atoms with Gasteiger partial charge in [0.25, 0.3) is 0 Å². The van der Waals surface area contributed by atoms with Crippen molar-refractivity contribution in [2.75, 3.05) is 13.2 Å². The van der Waals surface area contributed by atoms with E-state index >= 15 is 0 Å². The van der Waals surface area contributed by atoms with E-state index in [9.17, 15) is 18.0 Å². The molecule has 6 N–H and O–H groups in total. The molecule has 0 bridgehead atoms. The Labute approximate surface area is 207 Å². The van der Waals surface area contributed by atoms with Crippen molar-refractivity contribution in [1.82, 2.24) is 5.32 Å². The largest absolute Gasteiger partial charge is 0.491 e. The van der Waals surface area contributed by atoms with E-state index in [4.69, 9.17) is 26.1 Å². The molecule has 0 saturated heterocycles. The van der Waals surface area contributed by atoms with Crippen LogP contribution in [0.5, 0.6) is 5.75 Å². The van der Waals surface area contributed by atoms with Crippen molar-refractivity contribution in [2.24, 2.45) is 11.5 Å². The number of amides is 1. The predicted molar refractivity (Wildman–Crippen MR) is 131 cm³/mol. The van der Waals surface area contributed by atoms with Gasteiger partial charge in [0, 0.05) is 0 Å². The molecule has 0 aliphatic heterocycles. The maximum Gasteiger partial charge on any atom is 0.490 e. The molecule has 0 aliphatic rings. The highest BCUT2D eigenvalue weighted by molar-refractivity contribution is 5.83. The van der Waals surface area contributed by atoms with Gasteiger partial charge in [0.05, 0.1) is 12.1 Å². The lowest BCUT2D eigenvalue weighted by atomic mass is 10.1. The summed E-state index contributed by atoms with van der Waals surface area (Å²) in [4.78, 5) is 21.4. The molecule has 0 heterocycles. The summed E-state index contributed by atoms with van der Waals surface area (Å²) in [6.07, 6.45) is -3.11. The number of carboxylic acids is 1. The van der Waals surface area contributed by atoms with Gasteiger partial charge in [-0.15, -0.1) is 0 Å². The molecule has 3 aromatic carbocycles. The quantitative estimate of drug-likeness (QED) is 0.333. The minimum absolute atomic E-state index is 0.165. The van der Waals surface area contributed by atoms with Gasteiger partial charge in [0.1, 0.15) is 12.4 Å². The van der Waals surface area contributed by atoms with Gasteiger partial charge >= 0.3 is 12.1 Å². The second-order valence-corrected chi connectivity index (χ2v) is 8.06. The first kappa shape index (κ1) is 28.6. The molecule has 194 valence electrons. The highest BCUT2D eigenvalue weighted by Crippen LogP contribution is 2.21. The molecule has 0 unspecified atom stereocenters. The molecule has 2 atom stereocenters. The van der Waals surface area contributed by atoms with E-state index in [1.165, 1.54) is 5.39 Å². The Bertz CT molecular complexity index is 1110. The van der Waals surface area contributed by atoms with E-state index in [0.717, 1.165) is 23.1 Å². The van der Waals surface area contributed by atoms with Crippen molar-refractivity contribution in [3.8, 4) is 5.75 Å². The summed E-state index contributed by atoms with van der Waals surface area (Å²) in [5, 5.41) is 12.5. The first-order valence-corrected chi connectivity index (χ1v) is 11.3. The van der Waals surface area contributed by atoms with E-state index in [-0.39, 0.29) is 11.9 Å². The number of alkyl halides is 3. The summed E-state index contributed by atoms with van der Waals surface area (Å²) in [7, 11) is 0. The number of rotatable bonds is 10. The van der Waals surface area contributed by atoms with Crippen LogP contribution in [0.25, 0.3) is 10.8 Å². The molecule has 36 heavy (non-hydrogen) atoms. The second kappa shape index (κ2) is 14.1. The number of halogens is 3. The van der Waals surface area contributed by atoms with Crippen LogP contribution in [0.4, 0.5) is 13.2 Å². The topological polar surface area (TPSA) is 128 Å². The van der Waals surface area contributed by atoms with Crippen molar-refractivity contribution >= 4 is 22.6 Å². The maximum atomic E-state index is 12.5. The van der Waals surface area contributed by atoms with Gasteiger partial charge in [0.2, 0.25) is 5.91 Å². The maximum absolute atomic E-state index is 12.5. The van der Waals surface area contributed by atoms with Crippen LogP contribution < -0.4 is 21.5 Å². The summed E-state index contributed by atoms with van der Waals surface area (Å²) < 4.78 is 37.8. The van der Waals surface area contributed by atoms with Crippen LogP contribution in [-0.2, 0) is 16.0 Å². The minimum atomic E-state index is -5.08. The Kier molecular flexibility index (Phi) is 11.2. The van der Waals surface area contributed by atoms with Crippen molar-refractivity contribution in [1.29, 1.82) is 0 Å². The molecule has 10 heteroatoms. The van der Waals surface area contributed by atoms with Crippen molar-refractivity contribution in [3.05, 3.63) is 78.4 Å². The van der Waals surface area contributed by atoms with Gasteiger partial charge in [0.15, 0.2) is 0 Å². The standard InChI is InChI=1S/C24H29N3O2.C2HF3O2/c25-14-6-11-23(26)24(28)27-21(15-18-7-2-1-3-8-18)17-29-22-13-12-19-9-4-5-10-20(19)16-22;3-2(4,5)1(6)7/h1-5,7-10,12-13,16,21,23H,6,11,14-15,17,25-26H2,(H,27,28);(H,6,7)/t21-,23-;/m1./s1. The highest BCUT2D eigenvalue weighted by Gasteiger charge is 2.38. The summed E-state index contributed by atoms with van der Waals surface area (Å²) in [6.45, 7) is 0.891. The number of carbonyl (C=O) groups excluding carboxylic acids is 1. The molecule has 0 aliphatic carbocycles. The third-order valence-corrected chi connectivity index (χ3v) is 5.14. The fraction of sp³-hybridized carbons (Fsp3) is 0.308. The molecule has 0 saturated carbocycles. The zero-order valence-corrected chi connectivity index (χ0v) is 19.6. The number of carbonyl (C=O) groups is 2. The molecule has 7 nitrogen and oxygen atoms in total. The summed E-state index contributed by atoms with van der Waals surface area (Å²) in [5.74, 6) is -2.14. The van der Waals surface area contributed by atoms with Crippen LogP contribution in [0.3, 0.4) is 0 Å². The van der Waals surface area contributed by atoms with Gasteiger partial charge in [-0.1, -0.05) is 60.7 Å². The Morgan fingerprint density at radius 3 is 2.19 bits per heavy atom. The lowest BCUT2D eigenvalue weighted by Gasteiger charge is -2.22. The van der Waals surface area contributed by atoms with Gasteiger partial charge in [-0.25, -0.2) is 4.79 Å². The summed E-state index contributed by atoms with van der Waals surface area (Å²) in [5.41, 5.74) is 12.7. The fourth-order valence-corrected chi connectivity index (χ4v) is 3.28. The monoisotopic (exact) mass is 505 g/mol. The molecule has 3 rings (SSSR count). The van der Waals surface area contributed by atoms with E-state index in [2.05, 4.69) is 17.4 Å². The first-order chi connectivity index (χ1) is 17.1. The Morgan fingerprint density at radius 2 is 1.58 bits per heavy atom. The van der Waals surface area contributed by atoms with Gasteiger partial charge in [-0.2, -0.15) is 13.2 Å². The van der Waals surface area contributed by atoms with Crippen LogP contribution in [0.1, 0.15) is 18.4 Å². The number of benzene rings is 3. The number of carboxylic acid groups (broad SMARTS) is 1. The first-order valence-electron chi connectivity index (χ1n) is 11.3. The average Bonchev–Trinajstić information content (AvgIpc) is 2.86. The normalized spacial score (nSPS) is 12.7. The van der Waals surface area contributed by atoms with Crippen molar-refractivity contribution in [2.45, 2.75) is 37.5 Å². The average molecular weight is 506 g/mol. The summed E-state index contributed by atoms with van der Waals surface area (Å²) >= 11 is 0. The zero-order valence-electron chi connectivity index (χ0n) is 19.6. The minimum Gasteiger partial charge on any atom is -0.491 e. The number of nitrogens with two attached hydrogens (primary N) is 2. The second-order valence-electron chi connectivity index (χ2n) is 8.06. The van der Waals surface area contributed by atoms with Gasteiger partial charge < -0.3 is 26.6 Å². The van der Waals surface area contributed by atoms with E-state index in [0.29, 0.717) is 26.0 Å². The zero-order chi connectivity index (χ0) is 26.6. The number of fused-ring (bicyclic) bond motifs is 1. The van der Waals surface area contributed by atoms with Crippen LogP contribution in [0, 0.1) is 0 Å². The predicted octanol–water partition coefficient (Wildman–Crippen LogP) is 3.65. The molecule has 3 aromatic rings. The Hall–Kier alpha value is -3.63. The third kappa shape index (κ3) is 9.93. The van der Waals surface area contributed by atoms with E-state index in [1.807, 2.05) is 60.7 Å². The lowest BCUT2D eigenvalue weighted by Crippen LogP contribution is -2.48. The van der Waals surface area contributed by atoms with Gasteiger partial charge in [-0.3, -0.25) is 4.79 Å². The molecule has 0 aromatic heterocycles. The van der Waals surface area contributed by atoms with Crippen LogP contribution in [0.2, 0.25) is 0 Å². The smallest absolute Gasteiger partial charge is 0.490 e. The Balaban J connectivity index is 0.000000572. The fourth-order valence-electron chi connectivity index (χ4n) is 3.28. The molecule has 0 fully saturated rings. The molecular formula is C26H30F3N3O4. The summed E-state index contributed by atoms with van der Waals surface area (Å²) in [6, 6.07) is 23.5. The van der Waals surface area contributed by atoms with E-state index in [1.54, 1.807) is 0 Å². The van der Waals surface area contributed by atoms with Gasteiger partial charge in [-0.05, 0) is 54.3 Å². The molecule has 0 radical (unpaired) electrons. The SMILES string of the molecule is NCCC[C@@H](N)C(=O)N[C@@H](COc1ccc2ccccc2c1)Cc1ccccc1.O=C(O)C(F)(F)F. The van der Waals surface area contributed by atoms with Crippen molar-refractivity contribution < 1.29 is 32.6 Å². The van der Waals surface area contributed by atoms with Crippen molar-refractivity contribution in [3.63, 3.8) is 0 Å². The molecule has 1 amide bonds. The number of aliphatic carboxylic acids is 1. The third-order valence-electron chi connectivity index (χ3n) is 5.14. The van der Waals surface area contributed by atoms with Crippen LogP contribution in [-0.4, -0.2) is 48.4 Å². The Morgan fingerprint density at radius 1 is 0.972 bits per heavy atom. The highest BCUT2D eigenvalue weighted by atomic mass is 19.4. The number of hydrogen-bond donors (Lipinski definition) is 4.